The highest BCUT2D eigenvalue weighted by atomic mass is 16.6. The van der Waals surface area contributed by atoms with E-state index in [2.05, 4.69) is 5.32 Å². The Bertz CT molecular complexity index is 909. The van der Waals surface area contributed by atoms with Crippen molar-refractivity contribution in [3.8, 4) is 0 Å². The van der Waals surface area contributed by atoms with Gasteiger partial charge in [0.2, 0.25) is 0 Å². The summed E-state index contributed by atoms with van der Waals surface area (Å²) < 4.78 is 0. The highest BCUT2D eigenvalue weighted by molar-refractivity contribution is 6.02. The van der Waals surface area contributed by atoms with E-state index in [0.29, 0.717) is 11.1 Å². The molecule has 0 unspecified atom stereocenters. The maximum atomic E-state index is 12.4. The smallest absolute Gasteiger partial charge is 0.352 e. The number of aliphatic carboxylic acids is 1. The van der Waals surface area contributed by atoms with Gasteiger partial charge in [-0.1, -0.05) is 45.0 Å². The predicted octanol–water partition coefficient (Wildman–Crippen LogP) is 3.75. The second-order valence-corrected chi connectivity index (χ2v) is 7.00. The monoisotopic (exact) mass is 368 g/mol. The average molecular weight is 368 g/mol. The number of nitrogens with zero attached hydrogens (tertiary/aromatic N) is 1. The Balaban J connectivity index is 2.25. The Labute approximate surface area is 156 Å². The molecule has 0 radical (unpaired) electrons. The Morgan fingerprint density at radius 3 is 2.26 bits per heavy atom. The molecule has 0 atom stereocenters. The summed E-state index contributed by atoms with van der Waals surface area (Å²) in [6.07, 6.45) is 1.18. The largest absolute Gasteiger partial charge is 0.477 e. The highest BCUT2D eigenvalue weighted by Gasteiger charge is 2.17. The van der Waals surface area contributed by atoms with E-state index >= 15 is 0 Å². The van der Waals surface area contributed by atoms with Gasteiger partial charge in [0.05, 0.1) is 4.92 Å². The lowest BCUT2D eigenvalue weighted by Crippen LogP contribution is -2.27. The van der Waals surface area contributed by atoms with Gasteiger partial charge < -0.3 is 10.4 Å². The van der Waals surface area contributed by atoms with Crippen LogP contribution in [-0.4, -0.2) is 21.9 Å². The van der Waals surface area contributed by atoms with Crippen molar-refractivity contribution in [3.63, 3.8) is 0 Å². The van der Waals surface area contributed by atoms with Gasteiger partial charge in [0, 0.05) is 17.7 Å². The Hall–Kier alpha value is -3.48. The third-order valence-corrected chi connectivity index (χ3v) is 3.88. The van der Waals surface area contributed by atoms with Crippen LogP contribution in [0.2, 0.25) is 0 Å². The Morgan fingerprint density at radius 2 is 1.74 bits per heavy atom. The standard InChI is InChI=1S/C20H20N2O5/c1-20(2,3)15-9-7-14(8-10-15)18(23)21-17(19(24)25)12-13-5-4-6-16(11-13)22(26)27/h4-12H,1-3H3,(H,21,23)(H,24,25)/b17-12-. The summed E-state index contributed by atoms with van der Waals surface area (Å²) in [7, 11) is 0. The van der Waals surface area contributed by atoms with Crippen LogP contribution in [-0.2, 0) is 10.2 Å². The first-order valence-corrected chi connectivity index (χ1v) is 8.19. The van der Waals surface area contributed by atoms with E-state index in [4.69, 9.17) is 0 Å². The lowest BCUT2D eigenvalue weighted by atomic mass is 9.87. The van der Waals surface area contributed by atoms with Gasteiger partial charge in [-0.2, -0.15) is 0 Å². The molecule has 0 saturated carbocycles. The van der Waals surface area contributed by atoms with Gasteiger partial charge in [0.1, 0.15) is 5.70 Å². The van der Waals surface area contributed by atoms with Gasteiger partial charge in [-0.25, -0.2) is 4.79 Å². The fraction of sp³-hybridized carbons (Fsp3) is 0.200. The summed E-state index contributed by atoms with van der Waals surface area (Å²) in [5.74, 6) is -1.92. The van der Waals surface area contributed by atoms with Crippen LogP contribution in [0.15, 0.2) is 54.2 Å². The summed E-state index contributed by atoms with van der Waals surface area (Å²) >= 11 is 0. The summed E-state index contributed by atoms with van der Waals surface area (Å²) in [5.41, 5.74) is 1.05. The van der Waals surface area contributed by atoms with Gasteiger partial charge in [-0.3, -0.25) is 14.9 Å². The van der Waals surface area contributed by atoms with E-state index in [9.17, 15) is 24.8 Å². The quantitative estimate of drug-likeness (QED) is 0.474. The normalized spacial score (nSPS) is 11.7. The molecule has 0 bridgehead atoms. The molecule has 2 N–H and O–H groups in total. The predicted molar refractivity (Wildman–Crippen MR) is 101 cm³/mol. The number of nitro groups is 1. The number of amides is 1. The van der Waals surface area contributed by atoms with Crippen molar-refractivity contribution in [1.29, 1.82) is 0 Å². The van der Waals surface area contributed by atoms with Crippen molar-refractivity contribution in [1.82, 2.24) is 5.32 Å². The second kappa shape index (κ2) is 7.82. The Morgan fingerprint density at radius 1 is 1.11 bits per heavy atom. The number of rotatable bonds is 5. The topological polar surface area (TPSA) is 110 Å². The van der Waals surface area contributed by atoms with Crippen LogP contribution in [0.3, 0.4) is 0 Å². The van der Waals surface area contributed by atoms with Crippen LogP contribution in [0.1, 0.15) is 42.3 Å². The number of non-ortho nitro benzene ring substituents is 1. The molecule has 2 aromatic carbocycles. The Kier molecular flexibility index (Phi) is 5.75. The third-order valence-electron chi connectivity index (χ3n) is 3.88. The summed E-state index contributed by atoms with van der Waals surface area (Å²) in [4.78, 5) is 34.1. The number of carboxylic acids is 1. The van der Waals surface area contributed by atoms with E-state index in [1.807, 2.05) is 32.9 Å². The van der Waals surface area contributed by atoms with E-state index in [-0.39, 0.29) is 16.8 Å². The number of carbonyl (C=O) groups excluding carboxylic acids is 1. The van der Waals surface area contributed by atoms with Crippen LogP contribution in [0.5, 0.6) is 0 Å². The van der Waals surface area contributed by atoms with Crippen molar-refractivity contribution >= 4 is 23.6 Å². The average Bonchev–Trinajstić information content (AvgIpc) is 2.60. The molecule has 0 heterocycles. The maximum absolute atomic E-state index is 12.4. The van der Waals surface area contributed by atoms with Crippen LogP contribution >= 0.6 is 0 Å². The molecule has 27 heavy (non-hydrogen) atoms. The molecule has 0 aliphatic rings. The minimum Gasteiger partial charge on any atom is -0.477 e. The van der Waals surface area contributed by atoms with E-state index in [0.717, 1.165) is 5.56 Å². The van der Waals surface area contributed by atoms with E-state index in [1.54, 1.807) is 12.1 Å². The van der Waals surface area contributed by atoms with Gasteiger partial charge in [-0.15, -0.1) is 0 Å². The number of carbonyl (C=O) groups is 2. The van der Waals surface area contributed by atoms with E-state index < -0.39 is 16.8 Å². The zero-order valence-electron chi connectivity index (χ0n) is 15.2. The van der Waals surface area contributed by atoms with Crippen molar-refractivity contribution in [3.05, 3.63) is 81.0 Å². The van der Waals surface area contributed by atoms with Crippen LogP contribution < -0.4 is 5.32 Å². The number of carboxylic acid groups (broad SMARTS) is 1. The molecule has 1 amide bonds. The number of hydrogen-bond acceptors (Lipinski definition) is 4. The number of nitro benzene ring substituents is 1. The minimum absolute atomic E-state index is 0.0663. The first-order valence-electron chi connectivity index (χ1n) is 8.19. The fourth-order valence-electron chi connectivity index (χ4n) is 2.36. The van der Waals surface area contributed by atoms with Crippen LogP contribution in [0.25, 0.3) is 6.08 Å². The molecule has 0 spiro atoms. The summed E-state index contributed by atoms with van der Waals surface area (Å²) in [6, 6.07) is 12.4. The fourth-order valence-corrected chi connectivity index (χ4v) is 2.36. The number of hydrogen-bond donors (Lipinski definition) is 2. The van der Waals surface area contributed by atoms with Gasteiger partial charge in [0.15, 0.2) is 0 Å². The van der Waals surface area contributed by atoms with Gasteiger partial charge in [0.25, 0.3) is 11.6 Å². The molecule has 0 aliphatic heterocycles. The van der Waals surface area contributed by atoms with Crippen molar-refractivity contribution in [2.24, 2.45) is 0 Å². The molecule has 2 aromatic rings. The lowest BCUT2D eigenvalue weighted by Gasteiger charge is -2.19. The second-order valence-electron chi connectivity index (χ2n) is 7.00. The molecular formula is C20H20N2O5. The molecule has 7 heteroatoms. The molecule has 140 valence electrons. The zero-order valence-corrected chi connectivity index (χ0v) is 15.2. The molecular weight excluding hydrogens is 348 g/mol. The molecule has 2 rings (SSSR count). The van der Waals surface area contributed by atoms with Crippen LogP contribution in [0.4, 0.5) is 5.69 Å². The first kappa shape index (κ1) is 19.8. The van der Waals surface area contributed by atoms with Crippen molar-refractivity contribution in [2.45, 2.75) is 26.2 Å². The minimum atomic E-state index is -1.35. The number of benzene rings is 2. The first-order chi connectivity index (χ1) is 12.6. The number of nitrogens with one attached hydrogen (secondary N) is 1. The summed E-state index contributed by atoms with van der Waals surface area (Å²) in [5, 5.41) is 22.5. The van der Waals surface area contributed by atoms with E-state index in [1.165, 1.54) is 30.3 Å². The lowest BCUT2D eigenvalue weighted by molar-refractivity contribution is -0.384. The third kappa shape index (κ3) is 5.24. The molecule has 0 aliphatic carbocycles. The zero-order chi connectivity index (χ0) is 20.2. The SMILES string of the molecule is CC(C)(C)c1ccc(C(=O)N/C(=C\c2cccc([N+](=O)[O-])c2)C(=O)O)cc1. The van der Waals surface area contributed by atoms with Crippen LogP contribution in [0, 0.1) is 10.1 Å². The maximum Gasteiger partial charge on any atom is 0.352 e. The highest BCUT2D eigenvalue weighted by Crippen LogP contribution is 2.22. The van der Waals surface area contributed by atoms with Gasteiger partial charge in [-0.05, 0) is 34.8 Å². The van der Waals surface area contributed by atoms with Crippen molar-refractivity contribution < 1.29 is 19.6 Å². The van der Waals surface area contributed by atoms with Crippen molar-refractivity contribution in [2.75, 3.05) is 0 Å². The molecule has 0 saturated heterocycles. The molecule has 0 fully saturated rings. The molecule has 0 aromatic heterocycles. The summed E-state index contributed by atoms with van der Waals surface area (Å²) in [6.45, 7) is 6.14. The molecule has 7 nitrogen and oxygen atoms in total. The van der Waals surface area contributed by atoms with Gasteiger partial charge >= 0.3 is 5.97 Å².